The van der Waals surface area contributed by atoms with Gasteiger partial charge in [0.15, 0.2) is 0 Å². The van der Waals surface area contributed by atoms with Crippen molar-refractivity contribution in [2.24, 2.45) is 34.0 Å². The van der Waals surface area contributed by atoms with E-state index in [4.69, 9.17) is 56.8 Å². The highest BCUT2D eigenvalue weighted by atomic mass is 16.7. The van der Waals surface area contributed by atoms with Crippen LogP contribution in [-0.4, -0.2) is 40.8 Å². The van der Waals surface area contributed by atoms with Gasteiger partial charge in [0.25, 0.3) is 0 Å². The standard InChI is InChI=1S/C44H52O4.C38H42O4.C32H32O4.3CH4/c1-31-23-41(3,4)27-43(25-31)33-7-15-37(16-8-33)45-29-47-39-19-11-35(12-20-39)44(26-32(2)24-42(5,6)28-44)36-13-21-40(22-14-36)48-30-46-38-17-9-34(43)10-18-38;1-27-22-36(2,3)24-38(23-27)30-10-18-34(19-11-30)41-25-39-32-14-6-28(7-15-32)37(4,5)29-8-16-33(17-9-29)40-26-42-35-20-12-31(38)13-21-35;1-31(2)23-5-13-27(14-6-23)33-21-35-29-17-9-25(10-18-29)32(3,4)26-11-19-30(20-12-26)36-22-34-28-15-7-24(31)8-16-28;;;/h7-22,31-32H,23-30H2,1-6H3;6-21,27H,22-26H2,1-5H3;5-20H,21-22H2,1-4H3;3*1H4. The van der Waals surface area contributed by atoms with E-state index in [0.29, 0.717) is 17.8 Å². The van der Waals surface area contributed by atoms with Gasteiger partial charge in [-0.1, -0.05) is 272 Å². The first-order valence-corrected chi connectivity index (χ1v) is 45.2. The highest BCUT2D eigenvalue weighted by molar-refractivity contribution is 5.51. The fourth-order valence-corrected chi connectivity index (χ4v) is 22.1. The molecule has 0 saturated heterocycles. The molecule has 129 heavy (non-hydrogen) atoms. The molecule has 12 heteroatoms. The van der Waals surface area contributed by atoms with E-state index in [9.17, 15) is 0 Å². The van der Waals surface area contributed by atoms with Crippen LogP contribution < -0.4 is 56.8 Å². The Labute approximate surface area is 770 Å². The molecule has 36 rings (SSSR count). The van der Waals surface area contributed by atoms with Gasteiger partial charge in [-0.05, 0) is 304 Å². The third kappa shape index (κ3) is 21.7. The molecule has 24 bridgehead atoms. The molecular formula is C117H138O12. The highest BCUT2D eigenvalue weighted by Gasteiger charge is 2.49. The predicted octanol–water partition coefficient (Wildman–Crippen LogP) is 29.8. The first-order chi connectivity index (χ1) is 60.4. The van der Waals surface area contributed by atoms with Crippen LogP contribution in [0.3, 0.4) is 0 Å². The average Bonchev–Trinajstić information content (AvgIpc) is 0.752. The Morgan fingerprint density at radius 3 is 0.380 bits per heavy atom. The zero-order valence-corrected chi connectivity index (χ0v) is 76.5. The summed E-state index contributed by atoms with van der Waals surface area (Å²) in [4.78, 5) is 0. The molecule has 678 valence electrons. The van der Waals surface area contributed by atoms with Gasteiger partial charge >= 0.3 is 0 Å². The fourth-order valence-electron chi connectivity index (χ4n) is 22.1. The zero-order valence-electron chi connectivity index (χ0n) is 76.5. The summed E-state index contributed by atoms with van der Waals surface area (Å²) in [5.74, 6) is 11.3. The van der Waals surface area contributed by atoms with Crippen LogP contribution in [0.2, 0.25) is 0 Å². The van der Waals surface area contributed by atoms with Gasteiger partial charge in [-0.2, -0.15) is 0 Å². The lowest BCUT2D eigenvalue weighted by atomic mass is 9.55. The molecule has 3 saturated carbocycles. The van der Waals surface area contributed by atoms with Gasteiger partial charge in [-0.15, -0.1) is 0 Å². The smallest absolute Gasteiger partial charge is 0.230 e. The molecule has 3 fully saturated rings. The van der Waals surface area contributed by atoms with E-state index in [0.717, 1.165) is 108 Å². The third-order valence-corrected chi connectivity index (χ3v) is 27.7. The Kier molecular flexibility index (Phi) is 28.9. The molecule has 24 aliphatic rings. The van der Waals surface area contributed by atoms with Gasteiger partial charge in [-0.25, -0.2) is 0 Å². The van der Waals surface area contributed by atoms with Crippen LogP contribution in [-0.2, 0) is 32.5 Å². The van der Waals surface area contributed by atoms with Crippen LogP contribution in [0.1, 0.15) is 251 Å². The van der Waals surface area contributed by atoms with Crippen LogP contribution >= 0.6 is 0 Å². The average molecular weight is 1740 g/mol. The molecule has 21 heterocycles. The summed E-state index contributed by atoms with van der Waals surface area (Å²) in [5, 5.41) is 0. The van der Waals surface area contributed by atoms with Crippen molar-refractivity contribution in [3.05, 3.63) is 358 Å². The SMILES string of the molecule is C.C.C.CC1(C)c2ccc(cc2)OCOc2ccc(cc2)C(C)(C)c2ccc(cc2)OCOc2ccc1cc2.CC1CC(C)(C)CC2(C1)c1ccc(cc1)OCOc1ccc(cc1)C(C)(C)c1ccc(cc1)OCOc1ccc2cc1.CC1CC(C)(C)CC2(C1)c1ccc(cc1)OCOc1ccc(cc1)C1(CC(C)CC(C)(C)C1)c1ccc(cc1)OCOc1ccc2cc1. The number of benzene rings is 12. The molecule has 21 aliphatic heterocycles. The molecule has 3 spiro atoms. The number of hydrogen-bond acceptors (Lipinski definition) is 12. The van der Waals surface area contributed by atoms with Gasteiger partial charge in [0.2, 0.25) is 40.8 Å². The van der Waals surface area contributed by atoms with Crippen molar-refractivity contribution in [3.63, 3.8) is 0 Å². The molecule has 3 aliphatic carbocycles. The van der Waals surface area contributed by atoms with Crippen molar-refractivity contribution in [1.82, 2.24) is 0 Å². The van der Waals surface area contributed by atoms with Crippen molar-refractivity contribution in [1.29, 1.82) is 0 Å². The minimum Gasteiger partial charge on any atom is -0.458 e. The summed E-state index contributed by atoms with van der Waals surface area (Å²) in [7, 11) is 0. The van der Waals surface area contributed by atoms with Crippen molar-refractivity contribution in [2.75, 3.05) is 40.8 Å². The molecule has 0 aromatic heterocycles. The largest absolute Gasteiger partial charge is 0.458 e. The molecule has 12 aromatic rings. The Morgan fingerprint density at radius 1 is 0.163 bits per heavy atom. The van der Waals surface area contributed by atoms with Gasteiger partial charge in [0.05, 0.1) is 0 Å². The summed E-state index contributed by atoms with van der Waals surface area (Å²) >= 11 is 0. The van der Waals surface area contributed by atoms with Gasteiger partial charge in [0, 0.05) is 32.5 Å². The molecule has 0 radical (unpaired) electrons. The van der Waals surface area contributed by atoms with Crippen LogP contribution in [0.5, 0.6) is 69.0 Å². The summed E-state index contributed by atoms with van der Waals surface area (Å²) in [6.07, 6.45) is 10.2. The van der Waals surface area contributed by atoms with Crippen molar-refractivity contribution < 1.29 is 56.8 Å². The lowest BCUT2D eigenvalue weighted by molar-refractivity contribution is 0.117. The summed E-state index contributed by atoms with van der Waals surface area (Å²) in [6.45, 7) is 35.8. The molecule has 3 unspecified atom stereocenters. The van der Waals surface area contributed by atoms with Crippen molar-refractivity contribution >= 4 is 0 Å². The Bertz CT molecular complexity index is 5040. The highest BCUT2D eigenvalue weighted by Crippen LogP contribution is 2.58. The zero-order chi connectivity index (χ0) is 88.1. The van der Waals surface area contributed by atoms with E-state index >= 15 is 0 Å². The normalized spacial score (nSPS) is 21.7. The quantitative estimate of drug-likeness (QED) is 0.144. The van der Waals surface area contributed by atoms with Crippen molar-refractivity contribution in [3.8, 4) is 69.0 Å². The van der Waals surface area contributed by atoms with Crippen LogP contribution in [0, 0.1) is 34.0 Å². The van der Waals surface area contributed by atoms with Crippen LogP contribution in [0.4, 0.5) is 0 Å². The summed E-state index contributed by atoms with van der Waals surface area (Å²) in [5.41, 5.74) is 15.0. The van der Waals surface area contributed by atoms with E-state index in [1.54, 1.807) is 0 Å². The Morgan fingerprint density at radius 2 is 0.271 bits per heavy atom. The molecule has 12 nitrogen and oxygen atoms in total. The van der Waals surface area contributed by atoms with E-state index in [-0.39, 0.29) is 112 Å². The molecular weight excluding hydrogens is 1600 g/mol. The molecule has 12 aromatic carbocycles. The lowest BCUT2D eigenvalue weighted by Gasteiger charge is -2.48. The van der Waals surface area contributed by atoms with E-state index in [1.165, 1.54) is 86.0 Å². The number of rotatable bonds is 0. The number of ether oxygens (including phenoxy) is 12. The van der Waals surface area contributed by atoms with Crippen molar-refractivity contribution in [2.45, 2.75) is 216 Å². The van der Waals surface area contributed by atoms with Gasteiger partial charge in [-0.3, -0.25) is 0 Å². The topological polar surface area (TPSA) is 111 Å². The maximum atomic E-state index is 6.13. The second kappa shape index (κ2) is 39.3. The fraction of sp³-hybridized carbons (Fsp3) is 0.385. The van der Waals surface area contributed by atoms with Crippen LogP contribution in [0.25, 0.3) is 0 Å². The minimum atomic E-state index is -0.177. The summed E-state index contributed by atoms with van der Waals surface area (Å²) < 4.78 is 71.8. The molecule has 0 amide bonds. The first kappa shape index (κ1) is 94.8. The summed E-state index contributed by atoms with van der Waals surface area (Å²) in [6, 6.07) is 101. The van der Waals surface area contributed by atoms with E-state index in [2.05, 4.69) is 322 Å². The first-order valence-electron chi connectivity index (χ1n) is 45.2. The molecule has 3 atom stereocenters. The van der Waals surface area contributed by atoms with Gasteiger partial charge < -0.3 is 56.8 Å². The van der Waals surface area contributed by atoms with E-state index in [1.807, 2.05) is 72.8 Å². The third-order valence-electron chi connectivity index (χ3n) is 27.7. The van der Waals surface area contributed by atoms with E-state index < -0.39 is 0 Å². The molecule has 0 N–H and O–H groups in total. The minimum absolute atomic E-state index is 0. The van der Waals surface area contributed by atoms with Crippen LogP contribution in [0.15, 0.2) is 291 Å². The van der Waals surface area contributed by atoms with Gasteiger partial charge in [0.1, 0.15) is 69.0 Å². The second-order valence-electron chi connectivity index (χ2n) is 40.4. The Hall–Kier alpha value is -11.8. The maximum Gasteiger partial charge on any atom is 0.230 e. The number of hydrogen-bond donors (Lipinski definition) is 0. The Balaban J connectivity index is 0.000000165. The monoisotopic (exact) mass is 1740 g/mol. The second-order valence-corrected chi connectivity index (χ2v) is 40.4. The predicted molar refractivity (Wildman–Crippen MR) is 523 cm³/mol. The maximum absolute atomic E-state index is 6.13. The lowest BCUT2D eigenvalue weighted by Crippen LogP contribution is -2.41.